The molecule has 0 aliphatic carbocycles. The van der Waals surface area contributed by atoms with E-state index in [0.717, 1.165) is 38.3 Å². The zero-order valence-electron chi connectivity index (χ0n) is 12.2. The molecule has 0 aromatic heterocycles. The zero-order valence-corrected chi connectivity index (χ0v) is 12.2. The van der Waals surface area contributed by atoms with Crippen molar-refractivity contribution in [3.8, 4) is 0 Å². The molecule has 0 fully saturated rings. The van der Waals surface area contributed by atoms with Gasteiger partial charge in [-0.2, -0.15) is 0 Å². The summed E-state index contributed by atoms with van der Waals surface area (Å²) in [7, 11) is 20.4. The standard InChI is InChI=1S/B15H17/c1-10(2)12(5)9-13(6)15(8)14(7)11(3)4/h9H,1-8H2. The second-order valence-corrected chi connectivity index (χ2v) is 6.40. The van der Waals surface area contributed by atoms with E-state index in [0.29, 0.717) is 0 Å². The minimum absolute atomic E-state index is 0.816. The Kier molecular flexibility index (Phi) is 7.81. The highest BCUT2D eigenvalue weighted by molar-refractivity contribution is 8.03. The van der Waals surface area contributed by atoms with Crippen molar-refractivity contribution in [1.29, 1.82) is 0 Å². The molecule has 0 saturated carbocycles. The van der Waals surface area contributed by atoms with Crippen molar-refractivity contribution in [3.63, 3.8) is 0 Å². The molecule has 0 aromatic carbocycles. The summed E-state index contributed by atoms with van der Waals surface area (Å²) in [5, 5.41) is 0. The molecule has 0 saturated heterocycles. The first-order chi connectivity index (χ1) is 6.77. The first-order valence-electron chi connectivity index (χ1n) is 6.77. The Balaban J connectivity index is 4.14. The molecule has 0 aliphatic rings. The van der Waals surface area contributed by atoms with Gasteiger partial charge >= 0.3 is 0 Å². The third kappa shape index (κ3) is 5.73. The highest BCUT2D eigenvalue weighted by Crippen LogP contribution is 1.89. The van der Waals surface area contributed by atoms with E-state index in [1.165, 1.54) is 7.06 Å². The average molecular weight is 179 g/mol. The molecule has 15 heavy (non-hydrogen) atoms. The van der Waals surface area contributed by atoms with Crippen LogP contribution in [0.2, 0.25) is 0 Å². The smallest absolute Gasteiger partial charge is 0.0119 e. The summed E-state index contributed by atoms with van der Waals surface area (Å²) >= 11 is 0. The van der Waals surface area contributed by atoms with Gasteiger partial charge in [-0.1, -0.05) is 0 Å². The van der Waals surface area contributed by atoms with E-state index >= 15 is 0 Å². The molecule has 0 heterocycles. The molecule has 0 nitrogen and oxygen atoms in total. The Bertz CT molecular complexity index is 157. The molecule has 0 N–H and O–H groups in total. The van der Waals surface area contributed by atoms with Crippen LogP contribution in [0.15, 0.2) is 0 Å². The van der Waals surface area contributed by atoms with Crippen LogP contribution < -0.4 is 0 Å². The minimum atomic E-state index is 0.816. The first kappa shape index (κ1) is 16.0. The van der Waals surface area contributed by atoms with Crippen molar-refractivity contribution in [2.75, 3.05) is 0 Å². The molecule has 0 unspecified atom stereocenters. The molecule has 0 bridgehead atoms. The van der Waals surface area contributed by atoms with Gasteiger partial charge in [0, 0.05) is 45.4 Å². The zero-order chi connectivity index (χ0) is 12.2. The fraction of sp³-hybridized carbons (Fsp3) is 0. The van der Waals surface area contributed by atoms with Gasteiger partial charge in [-0.15, -0.1) is 0 Å². The summed E-state index contributed by atoms with van der Waals surface area (Å²) in [5.74, 6) is 0. The van der Waals surface area contributed by atoms with Crippen LogP contribution in [-0.2, 0) is 0 Å². The lowest BCUT2D eigenvalue weighted by molar-refractivity contribution is 3.49. The van der Waals surface area contributed by atoms with E-state index in [-0.39, 0.29) is 0 Å². The van der Waals surface area contributed by atoms with Crippen LogP contribution in [-0.4, -0.2) is 107 Å². The molecule has 0 amide bonds. The minimum Gasteiger partial charge on any atom is 0.0119 e. The molecule has 0 spiro atoms. The van der Waals surface area contributed by atoms with Crippen LogP contribution in [0.3, 0.4) is 0 Å². The predicted molar refractivity (Wildman–Crippen MR) is 110 cm³/mol. The Morgan fingerprint density at radius 2 is 1.00 bits per heavy atom. The summed E-state index contributed by atoms with van der Waals surface area (Å²) in [5.41, 5.74) is 0. The van der Waals surface area contributed by atoms with Crippen molar-refractivity contribution in [2.45, 2.75) is 0 Å². The van der Waals surface area contributed by atoms with Crippen LogP contribution >= 0.6 is 0 Å². The maximum absolute atomic E-state index is 2.43. The Morgan fingerprint density at radius 1 is 0.533 bits per heavy atom. The highest BCUT2D eigenvalue weighted by Gasteiger charge is 2.30. The summed E-state index contributed by atoms with van der Waals surface area (Å²) in [6.45, 7) is 0. The third-order valence-corrected chi connectivity index (χ3v) is 4.66. The van der Waals surface area contributed by atoms with Crippen molar-refractivity contribution >= 4 is 107 Å². The Morgan fingerprint density at radius 3 is 1.33 bits per heavy atom. The number of hydrogen-bond donors (Lipinski definition) is 0. The largest absolute Gasteiger partial charge is 0.0552 e. The normalized spacial score (nSPS) is 8.80. The summed E-state index contributed by atoms with van der Waals surface area (Å²) in [4.78, 5) is 0. The molecule has 0 atom stereocenters. The van der Waals surface area contributed by atoms with E-state index in [4.69, 9.17) is 0 Å². The van der Waals surface area contributed by atoms with Crippen molar-refractivity contribution < 1.29 is 0 Å². The van der Waals surface area contributed by atoms with E-state index in [2.05, 4.69) is 61.9 Å². The van der Waals surface area contributed by atoms with Crippen molar-refractivity contribution in [1.82, 2.24) is 0 Å². The molecule has 15 heteroatoms. The van der Waals surface area contributed by atoms with Gasteiger partial charge in [-0.05, 0) is 0 Å². The lowest BCUT2D eigenvalue weighted by Crippen LogP contribution is -2.65. The molecule has 0 rings (SSSR count). The van der Waals surface area contributed by atoms with E-state index in [1.54, 1.807) is 0 Å². The third-order valence-electron chi connectivity index (χ3n) is 4.66. The monoisotopic (exact) mass is 182 g/mol. The SMILES string of the molecule is BB(B)B(B)BB(B)B(B)B(B)B(B)B. The summed E-state index contributed by atoms with van der Waals surface area (Å²) in [6.07, 6.45) is 5.07. The molecule has 62 valence electrons. The second-order valence-electron chi connectivity index (χ2n) is 6.40. The van der Waals surface area contributed by atoms with Crippen LogP contribution in [0.1, 0.15) is 0 Å². The topological polar surface area (TPSA) is 0 Å². The van der Waals surface area contributed by atoms with Gasteiger partial charge in [0.25, 0.3) is 0 Å². The van der Waals surface area contributed by atoms with Gasteiger partial charge in [0.15, 0.2) is 0 Å². The van der Waals surface area contributed by atoms with Crippen molar-refractivity contribution in [2.24, 2.45) is 0 Å². The molecule has 0 aliphatic heterocycles. The van der Waals surface area contributed by atoms with Gasteiger partial charge in [-0.25, -0.2) is 0 Å². The highest BCUT2D eigenvalue weighted by atomic mass is 13.1. The molecule has 0 aromatic rings. The summed E-state index contributed by atoms with van der Waals surface area (Å²) in [6, 6.07) is 0. The van der Waals surface area contributed by atoms with E-state index in [9.17, 15) is 0 Å². The van der Waals surface area contributed by atoms with Crippen LogP contribution in [0.4, 0.5) is 0 Å². The second kappa shape index (κ2) is 7.33. The Hall–Kier alpha value is 0.974. The van der Waals surface area contributed by atoms with Gasteiger partial charge in [0.05, 0.1) is 61.9 Å². The Labute approximate surface area is 107 Å². The van der Waals surface area contributed by atoms with E-state index < -0.39 is 0 Å². The lowest BCUT2D eigenvalue weighted by Gasteiger charge is -2.24. The predicted octanol–water partition coefficient (Wildman–Crippen LogP) is -10.3. The van der Waals surface area contributed by atoms with Crippen LogP contribution in [0.5, 0.6) is 0 Å². The molecular formula is H17B15. The first-order valence-corrected chi connectivity index (χ1v) is 6.77. The van der Waals surface area contributed by atoms with Crippen molar-refractivity contribution in [3.05, 3.63) is 0 Å². The average Bonchev–Trinajstić information content (AvgIpc) is 2.14. The number of hydrogen-bond acceptors (Lipinski definition) is 0. The summed E-state index contributed by atoms with van der Waals surface area (Å²) < 4.78 is 0. The molecule has 0 radical (unpaired) electrons. The maximum Gasteiger partial charge on any atom is 0.0552 e. The maximum atomic E-state index is 2.43. The molecular weight excluding hydrogens is 162 g/mol. The number of rotatable bonds is 6. The van der Waals surface area contributed by atoms with Gasteiger partial charge in [-0.3, -0.25) is 0 Å². The lowest BCUT2D eigenvalue weighted by atomic mass is 8.55. The van der Waals surface area contributed by atoms with Crippen LogP contribution in [0, 0.1) is 0 Å². The van der Waals surface area contributed by atoms with Crippen LogP contribution in [0.25, 0.3) is 0 Å². The van der Waals surface area contributed by atoms with Gasteiger partial charge in [0.2, 0.25) is 0 Å². The quantitative estimate of drug-likeness (QED) is 0.355. The van der Waals surface area contributed by atoms with E-state index in [1.807, 2.05) is 0 Å². The fourth-order valence-electron chi connectivity index (χ4n) is 2.20. The fourth-order valence-corrected chi connectivity index (χ4v) is 2.20. The van der Waals surface area contributed by atoms with Gasteiger partial charge < -0.3 is 0 Å². The van der Waals surface area contributed by atoms with Gasteiger partial charge in [0.1, 0.15) is 0 Å².